The van der Waals surface area contributed by atoms with Crippen LogP contribution in [0.15, 0.2) is 36.0 Å². The summed E-state index contributed by atoms with van der Waals surface area (Å²) in [7, 11) is 0. The minimum absolute atomic E-state index is 0.804. The molecule has 1 N–H and O–H groups in total. The number of rotatable bonds is 2. The molecule has 17 heavy (non-hydrogen) atoms. The van der Waals surface area contributed by atoms with Crippen molar-refractivity contribution in [2.24, 2.45) is 5.92 Å². The molecule has 1 aromatic carbocycles. The molecule has 0 spiro atoms. The van der Waals surface area contributed by atoms with Crippen LogP contribution in [-0.4, -0.2) is 4.99 Å². The van der Waals surface area contributed by atoms with Crippen LogP contribution in [0.4, 0.5) is 0 Å². The maximum atomic E-state index is 5.16. The van der Waals surface area contributed by atoms with Crippen molar-refractivity contribution in [3.8, 4) is 0 Å². The lowest BCUT2D eigenvalue weighted by Gasteiger charge is -2.24. The third kappa shape index (κ3) is 2.42. The molecule has 0 radical (unpaired) electrons. The quantitative estimate of drug-likeness (QED) is 0.799. The Morgan fingerprint density at radius 2 is 2.06 bits per heavy atom. The molecule has 1 aliphatic carbocycles. The van der Waals surface area contributed by atoms with Crippen LogP contribution in [0, 0.1) is 5.92 Å². The Labute approximate surface area is 108 Å². The summed E-state index contributed by atoms with van der Waals surface area (Å²) in [6.45, 7) is 0. The lowest BCUT2D eigenvalue weighted by Crippen LogP contribution is -2.14. The van der Waals surface area contributed by atoms with Gasteiger partial charge in [-0.25, -0.2) is 0 Å². The summed E-state index contributed by atoms with van der Waals surface area (Å²) < 4.78 is 0. The van der Waals surface area contributed by atoms with Gasteiger partial charge < -0.3 is 5.32 Å². The van der Waals surface area contributed by atoms with E-state index in [0.717, 1.165) is 17.3 Å². The van der Waals surface area contributed by atoms with E-state index in [9.17, 15) is 0 Å². The van der Waals surface area contributed by atoms with Gasteiger partial charge in [0.15, 0.2) is 0 Å². The van der Waals surface area contributed by atoms with E-state index in [0.29, 0.717) is 0 Å². The van der Waals surface area contributed by atoms with Crippen molar-refractivity contribution < 1.29 is 0 Å². The zero-order chi connectivity index (χ0) is 11.7. The number of aryl methyl sites for hydroxylation is 1. The number of benzene rings is 1. The summed E-state index contributed by atoms with van der Waals surface area (Å²) in [5.41, 5.74) is 4.59. The van der Waals surface area contributed by atoms with Gasteiger partial charge in [0.2, 0.25) is 0 Å². The molecule has 0 aromatic heterocycles. The second-order valence-electron chi connectivity index (χ2n) is 5.13. The number of hydrogen-bond acceptors (Lipinski definition) is 1. The maximum Gasteiger partial charge on any atom is 0.0834 e. The average Bonchev–Trinajstić information content (AvgIpc) is 2.75. The van der Waals surface area contributed by atoms with Crippen molar-refractivity contribution in [2.75, 3.05) is 0 Å². The van der Waals surface area contributed by atoms with Gasteiger partial charge in [0.25, 0.3) is 0 Å². The van der Waals surface area contributed by atoms with E-state index in [4.69, 9.17) is 12.2 Å². The molecule has 0 unspecified atom stereocenters. The van der Waals surface area contributed by atoms with E-state index in [1.807, 2.05) is 0 Å². The standard InChI is InChI=1S/C15H17NS/c17-15-9-12(10-16-15)7-11-5-6-13-3-1-2-4-14(13)8-11/h1-4,10-11H,5-9H2,(H,16,17)/t11-/m1/s1. The molecular formula is C15H17NS. The normalized spacial score (nSPS) is 22.9. The van der Waals surface area contributed by atoms with Crippen molar-refractivity contribution in [1.82, 2.24) is 5.32 Å². The van der Waals surface area contributed by atoms with Crippen LogP contribution >= 0.6 is 12.2 Å². The van der Waals surface area contributed by atoms with E-state index in [-0.39, 0.29) is 0 Å². The first-order valence-electron chi connectivity index (χ1n) is 6.35. The molecule has 0 saturated heterocycles. The first kappa shape index (κ1) is 11.0. The van der Waals surface area contributed by atoms with Crippen molar-refractivity contribution in [3.05, 3.63) is 47.2 Å². The molecule has 1 atom stereocenters. The third-order valence-corrected chi connectivity index (χ3v) is 4.09. The topological polar surface area (TPSA) is 12.0 Å². The third-order valence-electron chi connectivity index (χ3n) is 3.82. The molecule has 3 rings (SSSR count). The summed E-state index contributed by atoms with van der Waals surface area (Å²) in [6.07, 6.45) is 8.10. The van der Waals surface area contributed by atoms with E-state index >= 15 is 0 Å². The molecule has 1 aromatic rings. The Bertz CT molecular complexity index is 476. The van der Waals surface area contributed by atoms with Gasteiger partial charge in [-0.1, -0.05) is 36.5 Å². The molecule has 1 nitrogen and oxygen atoms in total. The predicted octanol–water partition coefficient (Wildman–Crippen LogP) is 3.39. The largest absolute Gasteiger partial charge is 0.356 e. The lowest BCUT2D eigenvalue weighted by molar-refractivity contribution is 0.453. The molecule has 88 valence electrons. The molecule has 2 heteroatoms. The second-order valence-corrected chi connectivity index (χ2v) is 5.62. The van der Waals surface area contributed by atoms with Gasteiger partial charge in [-0.3, -0.25) is 0 Å². The Morgan fingerprint density at radius 3 is 2.82 bits per heavy atom. The molecule has 0 amide bonds. The first-order chi connectivity index (χ1) is 8.31. The fourth-order valence-electron chi connectivity index (χ4n) is 2.94. The Kier molecular flexibility index (Phi) is 2.98. The fourth-order valence-corrected chi connectivity index (χ4v) is 3.18. The molecule has 0 saturated carbocycles. The van der Waals surface area contributed by atoms with Crippen LogP contribution in [0.3, 0.4) is 0 Å². The van der Waals surface area contributed by atoms with Crippen molar-refractivity contribution in [3.63, 3.8) is 0 Å². The van der Waals surface area contributed by atoms with Crippen LogP contribution in [0.2, 0.25) is 0 Å². The van der Waals surface area contributed by atoms with Crippen molar-refractivity contribution in [1.29, 1.82) is 0 Å². The highest BCUT2D eigenvalue weighted by atomic mass is 32.1. The molecule has 2 aliphatic rings. The molecule has 0 fully saturated rings. The lowest BCUT2D eigenvalue weighted by atomic mass is 9.81. The van der Waals surface area contributed by atoms with Gasteiger partial charge in [0.05, 0.1) is 4.99 Å². The van der Waals surface area contributed by atoms with Gasteiger partial charge in [0.1, 0.15) is 0 Å². The van der Waals surface area contributed by atoms with Gasteiger partial charge in [-0.15, -0.1) is 0 Å². The fraction of sp³-hybridized carbons (Fsp3) is 0.400. The van der Waals surface area contributed by atoms with Crippen LogP contribution in [0.25, 0.3) is 0 Å². The smallest absolute Gasteiger partial charge is 0.0834 e. The van der Waals surface area contributed by atoms with Gasteiger partial charge in [-0.05, 0) is 48.3 Å². The predicted molar refractivity (Wildman–Crippen MR) is 75.0 cm³/mol. The molecule has 0 bridgehead atoms. The van der Waals surface area contributed by atoms with Gasteiger partial charge in [0, 0.05) is 12.6 Å². The number of fused-ring (bicyclic) bond motifs is 1. The van der Waals surface area contributed by atoms with E-state index < -0.39 is 0 Å². The SMILES string of the molecule is S=C1CC(C[C@H]2CCc3ccccc3C2)=CN1. The Hall–Kier alpha value is -1.15. The average molecular weight is 243 g/mol. The summed E-state index contributed by atoms with van der Waals surface area (Å²) in [5.74, 6) is 0.804. The molecular weight excluding hydrogens is 226 g/mol. The van der Waals surface area contributed by atoms with Crippen LogP contribution < -0.4 is 5.32 Å². The number of hydrogen-bond donors (Lipinski definition) is 1. The summed E-state index contributed by atoms with van der Waals surface area (Å²) >= 11 is 5.16. The first-order valence-corrected chi connectivity index (χ1v) is 6.76. The second kappa shape index (κ2) is 4.61. The minimum atomic E-state index is 0.804. The van der Waals surface area contributed by atoms with E-state index in [1.54, 1.807) is 11.1 Å². The Morgan fingerprint density at radius 1 is 1.24 bits per heavy atom. The summed E-state index contributed by atoms with van der Waals surface area (Å²) in [6, 6.07) is 8.87. The zero-order valence-electron chi connectivity index (χ0n) is 9.91. The summed E-state index contributed by atoms with van der Waals surface area (Å²) in [5, 5.41) is 3.15. The van der Waals surface area contributed by atoms with Crippen molar-refractivity contribution in [2.45, 2.75) is 32.1 Å². The number of nitrogens with one attached hydrogen (secondary N) is 1. The van der Waals surface area contributed by atoms with Gasteiger partial charge in [-0.2, -0.15) is 0 Å². The van der Waals surface area contributed by atoms with E-state index in [2.05, 4.69) is 35.8 Å². The highest BCUT2D eigenvalue weighted by molar-refractivity contribution is 7.80. The molecule has 1 heterocycles. The van der Waals surface area contributed by atoms with Gasteiger partial charge >= 0.3 is 0 Å². The highest BCUT2D eigenvalue weighted by Crippen LogP contribution is 2.30. The maximum absolute atomic E-state index is 5.16. The Balaban J connectivity index is 1.66. The van der Waals surface area contributed by atoms with Crippen LogP contribution in [0.1, 0.15) is 30.4 Å². The van der Waals surface area contributed by atoms with Crippen molar-refractivity contribution >= 4 is 17.2 Å². The summed E-state index contributed by atoms with van der Waals surface area (Å²) in [4.78, 5) is 0.983. The number of thiocarbonyl (C=S) groups is 1. The molecule has 1 aliphatic heterocycles. The zero-order valence-corrected chi connectivity index (χ0v) is 10.7. The monoisotopic (exact) mass is 243 g/mol. The van der Waals surface area contributed by atoms with Crippen LogP contribution in [-0.2, 0) is 12.8 Å². The minimum Gasteiger partial charge on any atom is -0.356 e. The van der Waals surface area contributed by atoms with Crippen LogP contribution in [0.5, 0.6) is 0 Å². The van der Waals surface area contributed by atoms with E-state index in [1.165, 1.54) is 31.3 Å². The highest BCUT2D eigenvalue weighted by Gasteiger charge is 2.20.